The van der Waals surface area contributed by atoms with Crippen LogP contribution in [0, 0.1) is 27.7 Å². The molecule has 25 heavy (non-hydrogen) atoms. The predicted molar refractivity (Wildman–Crippen MR) is 95.9 cm³/mol. The zero-order chi connectivity index (χ0) is 18.1. The van der Waals surface area contributed by atoms with Crippen LogP contribution in [0.5, 0.6) is 0 Å². The Kier molecular flexibility index (Phi) is 4.85. The summed E-state index contributed by atoms with van der Waals surface area (Å²) in [4.78, 5) is 23.6. The van der Waals surface area contributed by atoms with E-state index in [4.69, 9.17) is 0 Å². The minimum Gasteiger partial charge on any atom is -0.340 e. The molecule has 1 aliphatic heterocycles. The van der Waals surface area contributed by atoms with Gasteiger partial charge in [-0.3, -0.25) is 4.79 Å². The molecule has 0 bridgehead atoms. The molecule has 0 saturated carbocycles. The fourth-order valence-corrected chi connectivity index (χ4v) is 3.35. The summed E-state index contributed by atoms with van der Waals surface area (Å²) < 4.78 is 1.75. The number of amides is 1. The van der Waals surface area contributed by atoms with Crippen LogP contribution in [0.15, 0.2) is 6.07 Å². The second-order valence-electron chi connectivity index (χ2n) is 6.88. The monoisotopic (exact) mass is 342 g/mol. The second kappa shape index (κ2) is 6.92. The van der Waals surface area contributed by atoms with Crippen molar-refractivity contribution in [1.82, 2.24) is 30.0 Å². The summed E-state index contributed by atoms with van der Waals surface area (Å²) in [6, 6.07) is 2.27. The largest absolute Gasteiger partial charge is 0.340 e. The maximum Gasteiger partial charge on any atom is 0.251 e. The molecular weight excluding hydrogens is 316 g/mol. The molecule has 0 aliphatic carbocycles. The van der Waals surface area contributed by atoms with Gasteiger partial charge in [0, 0.05) is 48.3 Å². The van der Waals surface area contributed by atoms with Gasteiger partial charge in [-0.15, -0.1) is 0 Å². The van der Waals surface area contributed by atoms with Gasteiger partial charge in [-0.2, -0.15) is 5.10 Å². The molecule has 0 spiro atoms. The van der Waals surface area contributed by atoms with Gasteiger partial charge in [-0.25, -0.2) is 14.6 Å². The Hall–Kier alpha value is -2.28. The Balaban J connectivity index is 1.86. The van der Waals surface area contributed by atoms with E-state index in [1.807, 2.05) is 38.7 Å². The minimum absolute atomic E-state index is 0.153. The molecule has 1 aliphatic rings. The summed E-state index contributed by atoms with van der Waals surface area (Å²) in [6.07, 6.45) is 0.370. The highest BCUT2D eigenvalue weighted by Crippen LogP contribution is 2.18. The standard InChI is InChI=1S/C18H26N6O/c1-11-8-12(2)21-18(20-11)24-15(5)16(14(4)22-24)9-17(25)23-7-6-19-13(3)10-23/h8,13,19H,6-7,9-10H2,1-5H3. The molecule has 1 saturated heterocycles. The molecule has 7 heteroatoms. The Morgan fingerprint density at radius 1 is 1.24 bits per heavy atom. The van der Waals surface area contributed by atoms with Crippen molar-refractivity contribution < 1.29 is 4.79 Å². The van der Waals surface area contributed by atoms with Crippen LogP contribution in [0.4, 0.5) is 0 Å². The number of nitrogens with zero attached hydrogens (tertiary/aromatic N) is 5. The molecule has 2 aromatic heterocycles. The molecular formula is C18H26N6O. The maximum atomic E-state index is 12.7. The van der Waals surface area contributed by atoms with Crippen LogP contribution in [0.2, 0.25) is 0 Å². The quantitative estimate of drug-likeness (QED) is 0.909. The number of nitrogens with one attached hydrogen (secondary N) is 1. The predicted octanol–water partition coefficient (Wildman–Crippen LogP) is 1.26. The molecule has 134 valence electrons. The smallest absolute Gasteiger partial charge is 0.251 e. The Labute approximate surface area is 148 Å². The highest BCUT2D eigenvalue weighted by molar-refractivity contribution is 5.79. The lowest BCUT2D eigenvalue weighted by Gasteiger charge is -2.32. The van der Waals surface area contributed by atoms with Crippen LogP contribution in [0.1, 0.15) is 35.3 Å². The Morgan fingerprint density at radius 2 is 1.92 bits per heavy atom. The molecule has 0 radical (unpaired) electrons. The SMILES string of the molecule is Cc1cc(C)nc(-n2nc(C)c(CC(=O)N3CCNC(C)C3)c2C)n1. The van der Waals surface area contributed by atoms with Crippen molar-refractivity contribution in [3.05, 3.63) is 34.4 Å². The number of carbonyl (C=O) groups is 1. The van der Waals surface area contributed by atoms with Crippen LogP contribution >= 0.6 is 0 Å². The molecule has 2 aromatic rings. The number of aryl methyl sites for hydroxylation is 3. The van der Waals surface area contributed by atoms with E-state index < -0.39 is 0 Å². The summed E-state index contributed by atoms with van der Waals surface area (Å²) in [5.41, 5.74) is 4.57. The number of hydrogen-bond acceptors (Lipinski definition) is 5. The first-order chi connectivity index (χ1) is 11.8. The molecule has 1 fully saturated rings. The highest BCUT2D eigenvalue weighted by atomic mass is 16.2. The van der Waals surface area contributed by atoms with Gasteiger partial charge >= 0.3 is 0 Å². The van der Waals surface area contributed by atoms with Gasteiger partial charge in [0.1, 0.15) is 0 Å². The number of carbonyl (C=O) groups excluding carboxylic acids is 1. The lowest BCUT2D eigenvalue weighted by molar-refractivity contribution is -0.131. The van der Waals surface area contributed by atoms with Crippen molar-refractivity contribution in [2.24, 2.45) is 0 Å². The summed E-state index contributed by atoms with van der Waals surface area (Å²) in [6.45, 7) is 12.3. The fourth-order valence-electron chi connectivity index (χ4n) is 3.35. The molecule has 3 rings (SSSR count). The van der Waals surface area contributed by atoms with Crippen molar-refractivity contribution in [3.63, 3.8) is 0 Å². The number of piperazine rings is 1. The van der Waals surface area contributed by atoms with Crippen molar-refractivity contribution in [1.29, 1.82) is 0 Å². The van der Waals surface area contributed by atoms with E-state index in [-0.39, 0.29) is 5.91 Å². The third-order valence-corrected chi connectivity index (χ3v) is 4.65. The lowest BCUT2D eigenvalue weighted by Crippen LogP contribution is -2.51. The average molecular weight is 342 g/mol. The van der Waals surface area contributed by atoms with Crippen molar-refractivity contribution >= 4 is 5.91 Å². The zero-order valence-corrected chi connectivity index (χ0v) is 15.6. The minimum atomic E-state index is 0.153. The van der Waals surface area contributed by atoms with E-state index in [0.717, 1.165) is 48.0 Å². The molecule has 1 amide bonds. The normalized spacial score (nSPS) is 17.8. The van der Waals surface area contributed by atoms with Gasteiger partial charge in [0.05, 0.1) is 12.1 Å². The van der Waals surface area contributed by atoms with E-state index in [2.05, 4.69) is 27.3 Å². The summed E-state index contributed by atoms with van der Waals surface area (Å²) in [5.74, 6) is 0.716. The van der Waals surface area contributed by atoms with Crippen LogP contribution in [0.3, 0.4) is 0 Å². The summed E-state index contributed by atoms with van der Waals surface area (Å²) in [5, 5.41) is 7.95. The maximum absolute atomic E-state index is 12.7. The van der Waals surface area contributed by atoms with Crippen LogP contribution in [-0.4, -0.2) is 56.2 Å². The van der Waals surface area contributed by atoms with E-state index in [9.17, 15) is 4.79 Å². The molecule has 0 aromatic carbocycles. The summed E-state index contributed by atoms with van der Waals surface area (Å²) >= 11 is 0. The van der Waals surface area contributed by atoms with Gasteiger partial charge in [-0.05, 0) is 40.7 Å². The Morgan fingerprint density at radius 3 is 2.56 bits per heavy atom. The van der Waals surface area contributed by atoms with Crippen LogP contribution in [0.25, 0.3) is 5.95 Å². The lowest BCUT2D eigenvalue weighted by atomic mass is 10.1. The van der Waals surface area contributed by atoms with Crippen LogP contribution in [-0.2, 0) is 11.2 Å². The molecule has 1 unspecified atom stereocenters. The number of rotatable bonds is 3. The van der Waals surface area contributed by atoms with Gasteiger partial charge in [0.25, 0.3) is 5.95 Å². The van der Waals surface area contributed by atoms with Gasteiger partial charge in [-0.1, -0.05) is 0 Å². The fraction of sp³-hybridized carbons (Fsp3) is 0.556. The number of aromatic nitrogens is 4. The van der Waals surface area contributed by atoms with E-state index in [1.165, 1.54) is 0 Å². The number of hydrogen-bond donors (Lipinski definition) is 1. The third-order valence-electron chi connectivity index (χ3n) is 4.65. The third kappa shape index (κ3) is 3.71. The molecule has 1 atom stereocenters. The highest BCUT2D eigenvalue weighted by Gasteiger charge is 2.23. The first kappa shape index (κ1) is 17.5. The van der Waals surface area contributed by atoms with Gasteiger partial charge in [0.2, 0.25) is 5.91 Å². The zero-order valence-electron chi connectivity index (χ0n) is 15.6. The first-order valence-electron chi connectivity index (χ1n) is 8.74. The molecule has 3 heterocycles. The van der Waals surface area contributed by atoms with E-state index in [1.54, 1.807) is 4.68 Å². The van der Waals surface area contributed by atoms with Gasteiger partial charge < -0.3 is 10.2 Å². The topological polar surface area (TPSA) is 75.9 Å². The Bertz CT molecular complexity index is 777. The molecule has 1 N–H and O–H groups in total. The summed E-state index contributed by atoms with van der Waals surface area (Å²) in [7, 11) is 0. The van der Waals surface area contributed by atoms with Crippen LogP contribution < -0.4 is 5.32 Å². The second-order valence-corrected chi connectivity index (χ2v) is 6.88. The van der Waals surface area contributed by atoms with Crippen molar-refractivity contribution in [2.75, 3.05) is 19.6 Å². The van der Waals surface area contributed by atoms with Crippen molar-refractivity contribution in [2.45, 2.75) is 47.1 Å². The van der Waals surface area contributed by atoms with E-state index in [0.29, 0.717) is 18.4 Å². The first-order valence-corrected chi connectivity index (χ1v) is 8.74. The van der Waals surface area contributed by atoms with E-state index >= 15 is 0 Å². The molecule has 7 nitrogen and oxygen atoms in total. The van der Waals surface area contributed by atoms with Crippen molar-refractivity contribution in [3.8, 4) is 5.95 Å². The van der Waals surface area contributed by atoms with Gasteiger partial charge in [0.15, 0.2) is 0 Å². The average Bonchev–Trinajstić information content (AvgIpc) is 2.82.